The Kier molecular flexibility index (Phi) is 8.01. The monoisotopic (exact) mass is 565 g/mol. The molecule has 0 fully saturated rings. The van der Waals surface area contributed by atoms with Gasteiger partial charge in [-0.1, -0.05) is 35.9 Å². The number of ether oxygens (including phenoxy) is 3. The highest BCUT2D eigenvalue weighted by atomic mass is 19.1. The van der Waals surface area contributed by atoms with Crippen molar-refractivity contribution in [2.75, 3.05) is 19.5 Å². The molecule has 212 valence electrons. The van der Waals surface area contributed by atoms with Gasteiger partial charge in [-0.05, 0) is 67.1 Å². The molecule has 0 radical (unpaired) electrons. The lowest BCUT2D eigenvalue weighted by Gasteiger charge is -2.12. The molecule has 0 atom stereocenters. The topological polar surface area (TPSA) is 91.7 Å². The second-order valence-corrected chi connectivity index (χ2v) is 9.48. The summed E-state index contributed by atoms with van der Waals surface area (Å²) in [5, 5.41) is 7.68. The summed E-state index contributed by atoms with van der Waals surface area (Å²) >= 11 is 0. The van der Waals surface area contributed by atoms with Crippen molar-refractivity contribution in [1.82, 2.24) is 9.78 Å². The molecule has 1 amide bonds. The molecule has 0 saturated carbocycles. The molecule has 0 aliphatic heterocycles. The van der Waals surface area contributed by atoms with E-state index in [0.29, 0.717) is 50.8 Å². The van der Waals surface area contributed by atoms with Gasteiger partial charge >= 0.3 is 5.97 Å². The Bertz CT molecular complexity index is 1760. The number of nitrogens with zero attached hydrogens (tertiary/aromatic N) is 2. The van der Waals surface area contributed by atoms with Gasteiger partial charge in [0.05, 0.1) is 25.5 Å². The van der Waals surface area contributed by atoms with Crippen LogP contribution in [-0.4, -0.2) is 35.9 Å². The molecule has 1 N–H and O–H groups in total. The van der Waals surface area contributed by atoms with Crippen LogP contribution in [0.2, 0.25) is 0 Å². The van der Waals surface area contributed by atoms with Gasteiger partial charge < -0.3 is 19.5 Å². The summed E-state index contributed by atoms with van der Waals surface area (Å²) in [6, 6.07) is 25.4. The number of halogens is 1. The summed E-state index contributed by atoms with van der Waals surface area (Å²) in [5.74, 6) is -0.158. The summed E-state index contributed by atoms with van der Waals surface area (Å²) < 4.78 is 32.4. The molecule has 9 heteroatoms. The fourth-order valence-corrected chi connectivity index (χ4v) is 4.49. The van der Waals surface area contributed by atoms with Crippen molar-refractivity contribution in [3.8, 4) is 45.5 Å². The molecule has 4 aromatic carbocycles. The number of aromatic nitrogens is 2. The first kappa shape index (κ1) is 28.1. The second kappa shape index (κ2) is 12.0. The number of anilines is 1. The van der Waals surface area contributed by atoms with Crippen molar-refractivity contribution in [3.63, 3.8) is 0 Å². The highest BCUT2D eigenvalue weighted by Gasteiger charge is 2.27. The fraction of sp³-hybridized carbons (Fsp3) is 0.121. The van der Waals surface area contributed by atoms with Crippen LogP contribution in [0.15, 0.2) is 91.0 Å². The van der Waals surface area contributed by atoms with E-state index < -0.39 is 11.8 Å². The van der Waals surface area contributed by atoms with E-state index in [1.807, 2.05) is 19.1 Å². The van der Waals surface area contributed by atoms with Gasteiger partial charge in [0.1, 0.15) is 23.0 Å². The summed E-state index contributed by atoms with van der Waals surface area (Å²) in [5.41, 5.74) is 4.63. The molecular formula is C33H28FN3O5. The fourth-order valence-electron chi connectivity index (χ4n) is 4.49. The summed E-state index contributed by atoms with van der Waals surface area (Å²) in [7, 11) is 3.08. The van der Waals surface area contributed by atoms with Gasteiger partial charge in [-0.25, -0.2) is 4.39 Å². The molecular weight excluding hydrogens is 537 g/mol. The Morgan fingerprint density at radius 1 is 0.881 bits per heavy atom. The predicted molar refractivity (Wildman–Crippen MR) is 158 cm³/mol. The molecule has 0 saturated heterocycles. The Hall–Kier alpha value is -5.44. The Morgan fingerprint density at radius 2 is 1.62 bits per heavy atom. The average Bonchev–Trinajstić information content (AvgIpc) is 3.35. The summed E-state index contributed by atoms with van der Waals surface area (Å²) in [6.45, 7) is 3.24. The van der Waals surface area contributed by atoms with Crippen molar-refractivity contribution in [3.05, 3.63) is 108 Å². The summed E-state index contributed by atoms with van der Waals surface area (Å²) in [6.07, 6.45) is 0. The van der Waals surface area contributed by atoms with Crippen LogP contribution in [0.4, 0.5) is 10.1 Å². The Labute approximate surface area is 242 Å². The number of carbonyl (C=O) groups is 2. The number of benzene rings is 4. The van der Waals surface area contributed by atoms with E-state index in [0.717, 1.165) is 5.56 Å². The zero-order chi connectivity index (χ0) is 29.8. The third-order valence-electron chi connectivity index (χ3n) is 6.55. The Balaban J connectivity index is 1.65. The third kappa shape index (κ3) is 5.85. The highest BCUT2D eigenvalue weighted by Crippen LogP contribution is 2.44. The van der Waals surface area contributed by atoms with Crippen molar-refractivity contribution in [1.29, 1.82) is 0 Å². The standard InChI is InChI=1S/C33H28FN3O5/c1-20-8-10-23(11-9-20)32(39)35-25-14-12-22(13-15-25)30-31(28-17-16-27(40-3)19-29(28)41-4)36-37(33(30)42-21(2)38)26-7-5-6-24(34)18-26/h5-19H,1-4H3,(H,35,39). The lowest BCUT2D eigenvalue weighted by molar-refractivity contribution is -0.132. The maximum absolute atomic E-state index is 14.3. The molecule has 1 heterocycles. The summed E-state index contributed by atoms with van der Waals surface area (Å²) in [4.78, 5) is 25.1. The van der Waals surface area contributed by atoms with Gasteiger partial charge in [-0.2, -0.15) is 9.78 Å². The van der Waals surface area contributed by atoms with Crippen LogP contribution in [0.25, 0.3) is 28.1 Å². The molecule has 8 nitrogen and oxygen atoms in total. The van der Waals surface area contributed by atoms with Gasteiger partial charge in [0.15, 0.2) is 0 Å². The predicted octanol–water partition coefficient (Wildman–Crippen LogP) is 6.85. The van der Waals surface area contributed by atoms with E-state index in [-0.39, 0.29) is 11.8 Å². The van der Waals surface area contributed by atoms with E-state index in [1.54, 1.807) is 73.8 Å². The van der Waals surface area contributed by atoms with E-state index in [2.05, 4.69) is 5.32 Å². The quantitative estimate of drug-likeness (QED) is 0.207. The van der Waals surface area contributed by atoms with Crippen molar-refractivity contribution < 1.29 is 28.2 Å². The van der Waals surface area contributed by atoms with E-state index >= 15 is 0 Å². The maximum atomic E-state index is 14.3. The molecule has 0 bridgehead atoms. The second-order valence-electron chi connectivity index (χ2n) is 9.48. The number of amides is 1. The lowest BCUT2D eigenvalue weighted by Crippen LogP contribution is -2.11. The van der Waals surface area contributed by atoms with Crippen LogP contribution >= 0.6 is 0 Å². The van der Waals surface area contributed by atoms with E-state index in [4.69, 9.17) is 19.3 Å². The van der Waals surface area contributed by atoms with Crippen LogP contribution in [0.3, 0.4) is 0 Å². The van der Waals surface area contributed by atoms with Crippen molar-refractivity contribution in [2.45, 2.75) is 13.8 Å². The van der Waals surface area contributed by atoms with E-state index in [1.165, 1.54) is 30.8 Å². The van der Waals surface area contributed by atoms with Crippen molar-refractivity contribution in [2.24, 2.45) is 0 Å². The molecule has 0 aliphatic rings. The molecule has 5 aromatic rings. The third-order valence-corrected chi connectivity index (χ3v) is 6.55. The zero-order valence-electron chi connectivity index (χ0n) is 23.5. The van der Waals surface area contributed by atoms with Crippen LogP contribution in [0.1, 0.15) is 22.8 Å². The first-order valence-corrected chi connectivity index (χ1v) is 13.1. The van der Waals surface area contributed by atoms with Crippen LogP contribution in [-0.2, 0) is 4.79 Å². The van der Waals surface area contributed by atoms with Gasteiger partial charge in [0.25, 0.3) is 5.91 Å². The SMILES string of the molecule is COc1ccc(-c2nn(-c3cccc(F)c3)c(OC(C)=O)c2-c2ccc(NC(=O)c3ccc(C)cc3)cc2)c(OC)c1. The Morgan fingerprint density at radius 3 is 2.26 bits per heavy atom. The number of carbonyl (C=O) groups excluding carboxylic acids is 2. The zero-order valence-corrected chi connectivity index (χ0v) is 23.5. The number of nitrogens with one attached hydrogen (secondary N) is 1. The minimum absolute atomic E-state index is 0.0948. The smallest absolute Gasteiger partial charge is 0.309 e. The number of hydrogen-bond acceptors (Lipinski definition) is 6. The molecule has 5 rings (SSSR count). The average molecular weight is 566 g/mol. The van der Waals surface area contributed by atoms with E-state index in [9.17, 15) is 14.0 Å². The van der Waals surface area contributed by atoms with Crippen LogP contribution < -0.4 is 19.5 Å². The molecule has 0 unspecified atom stereocenters. The number of rotatable bonds is 8. The lowest BCUT2D eigenvalue weighted by atomic mass is 10.00. The van der Waals surface area contributed by atoms with Gasteiger partial charge in [-0.15, -0.1) is 0 Å². The molecule has 0 aliphatic carbocycles. The highest BCUT2D eigenvalue weighted by molar-refractivity contribution is 6.04. The first-order chi connectivity index (χ1) is 20.3. The molecule has 42 heavy (non-hydrogen) atoms. The van der Waals surface area contributed by atoms with Gasteiger partial charge in [0, 0.05) is 29.8 Å². The van der Waals surface area contributed by atoms with Gasteiger partial charge in [-0.3, -0.25) is 9.59 Å². The first-order valence-electron chi connectivity index (χ1n) is 13.1. The van der Waals surface area contributed by atoms with Crippen molar-refractivity contribution >= 4 is 17.6 Å². The minimum Gasteiger partial charge on any atom is -0.497 e. The largest absolute Gasteiger partial charge is 0.497 e. The maximum Gasteiger partial charge on any atom is 0.309 e. The van der Waals surface area contributed by atoms with Crippen LogP contribution in [0.5, 0.6) is 17.4 Å². The molecule has 0 spiro atoms. The van der Waals surface area contributed by atoms with Crippen LogP contribution in [0, 0.1) is 12.7 Å². The molecule has 1 aromatic heterocycles. The minimum atomic E-state index is -0.580. The number of aryl methyl sites for hydroxylation is 1. The number of methoxy groups -OCH3 is 2. The number of esters is 1. The normalized spacial score (nSPS) is 10.7. The van der Waals surface area contributed by atoms with Gasteiger partial charge in [0.2, 0.25) is 5.88 Å². The number of hydrogen-bond donors (Lipinski definition) is 1.